The largest absolute Gasteiger partial charge is 0.481 e. The summed E-state index contributed by atoms with van der Waals surface area (Å²) in [7, 11) is 0. The molecular formula is C20H19NO3. The lowest BCUT2D eigenvalue weighted by atomic mass is 9.77. The van der Waals surface area contributed by atoms with Gasteiger partial charge in [0, 0.05) is 19.0 Å². The molecule has 1 fully saturated rings. The molecule has 1 aliphatic carbocycles. The quantitative estimate of drug-likeness (QED) is 0.945. The van der Waals surface area contributed by atoms with Crippen LogP contribution >= 0.6 is 0 Å². The second-order valence-electron chi connectivity index (χ2n) is 6.66. The molecule has 3 unspecified atom stereocenters. The topological polar surface area (TPSA) is 57.6 Å². The van der Waals surface area contributed by atoms with Crippen molar-refractivity contribution < 1.29 is 14.7 Å². The van der Waals surface area contributed by atoms with Crippen LogP contribution in [0.4, 0.5) is 0 Å². The normalized spacial score (nSPS) is 25.0. The maximum Gasteiger partial charge on any atom is 0.308 e. The van der Waals surface area contributed by atoms with Crippen molar-refractivity contribution in [1.29, 1.82) is 0 Å². The summed E-state index contributed by atoms with van der Waals surface area (Å²) in [6.07, 6.45) is 0.763. The van der Waals surface area contributed by atoms with Gasteiger partial charge in [0.1, 0.15) is 0 Å². The van der Waals surface area contributed by atoms with E-state index in [4.69, 9.17) is 0 Å². The minimum absolute atomic E-state index is 0.0679. The number of benzene rings is 2. The Balaban J connectivity index is 1.55. The average Bonchev–Trinajstić information content (AvgIpc) is 3.02. The Kier molecular flexibility index (Phi) is 3.60. The molecule has 1 aliphatic heterocycles. The summed E-state index contributed by atoms with van der Waals surface area (Å²) in [5, 5.41) is 9.57. The second-order valence-corrected chi connectivity index (χ2v) is 6.66. The molecule has 1 N–H and O–H groups in total. The van der Waals surface area contributed by atoms with Gasteiger partial charge in [0.2, 0.25) is 5.91 Å². The lowest BCUT2D eigenvalue weighted by molar-refractivity contribution is -0.142. The van der Waals surface area contributed by atoms with Gasteiger partial charge < -0.3 is 10.0 Å². The zero-order chi connectivity index (χ0) is 16.7. The van der Waals surface area contributed by atoms with Crippen molar-refractivity contribution in [2.45, 2.75) is 18.3 Å². The highest BCUT2D eigenvalue weighted by molar-refractivity contribution is 5.88. The van der Waals surface area contributed by atoms with Gasteiger partial charge >= 0.3 is 5.97 Å². The minimum atomic E-state index is -0.826. The molecule has 2 aromatic rings. The Labute approximate surface area is 140 Å². The van der Waals surface area contributed by atoms with Crippen LogP contribution < -0.4 is 0 Å². The molecule has 0 bridgehead atoms. The SMILES string of the molecule is O=C(O)C1CN(C(=O)C2Cc3ccccc32)CC1c1ccccc1. The summed E-state index contributed by atoms with van der Waals surface area (Å²) in [5.41, 5.74) is 3.32. The summed E-state index contributed by atoms with van der Waals surface area (Å²) in [6, 6.07) is 17.7. The Hall–Kier alpha value is -2.62. The molecule has 0 radical (unpaired) electrons. The van der Waals surface area contributed by atoms with Crippen molar-refractivity contribution in [1.82, 2.24) is 4.90 Å². The molecule has 0 spiro atoms. The first-order valence-corrected chi connectivity index (χ1v) is 8.29. The molecule has 4 nitrogen and oxygen atoms in total. The van der Waals surface area contributed by atoms with Gasteiger partial charge in [-0.05, 0) is 23.1 Å². The van der Waals surface area contributed by atoms with Crippen molar-refractivity contribution >= 4 is 11.9 Å². The number of rotatable bonds is 3. The molecule has 24 heavy (non-hydrogen) atoms. The Morgan fingerprint density at radius 3 is 2.38 bits per heavy atom. The van der Waals surface area contributed by atoms with Crippen molar-refractivity contribution in [3.05, 3.63) is 71.3 Å². The number of nitrogens with zero attached hydrogens (tertiary/aromatic N) is 1. The molecule has 1 saturated heterocycles. The van der Waals surface area contributed by atoms with Gasteiger partial charge in [-0.1, -0.05) is 54.6 Å². The predicted octanol–water partition coefficient (Wildman–Crippen LogP) is 2.65. The van der Waals surface area contributed by atoms with Crippen LogP contribution in [-0.4, -0.2) is 35.0 Å². The van der Waals surface area contributed by atoms with Gasteiger partial charge in [-0.15, -0.1) is 0 Å². The van der Waals surface area contributed by atoms with E-state index in [9.17, 15) is 14.7 Å². The molecule has 122 valence electrons. The Morgan fingerprint density at radius 2 is 1.67 bits per heavy atom. The average molecular weight is 321 g/mol. The highest BCUT2D eigenvalue weighted by Crippen LogP contribution is 2.39. The number of carbonyl (C=O) groups is 2. The first-order valence-electron chi connectivity index (χ1n) is 8.29. The van der Waals surface area contributed by atoms with Crippen LogP contribution in [0.2, 0.25) is 0 Å². The van der Waals surface area contributed by atoms with Crippen LogP contribution in [0.15, 0.2) is 54.6 Å². The van der Waals surface area contributed by atoms with Crippen LogP contribution in [0, 0.1) is 5.92 Å². The summed E-state index contributed by atoms with van der Waals surface area (Å²) in [5.74, 6) is -1.54. The van der Waals surface area contributed by atoms with Crippen molar-refractivity contribution in [2.75, 3.05) is 13.1 Å². The third kappa shape index (κ3) is 2.39. The number of aliphatic carboxylic acids is 1. The molecule has 2 aliphatic rings. The maximum absolute atomic E-state index is 12.9. The Morgan fingerprint density at radius 1 is 0.958 bits per heavy atom. The third-order valence-electron chi connectivity index (χ3n) is 5.33. The highest BCUT2D eigenvalue weighted by atomic mass is 16.4. The summed E-state index contributed by atoms with van der Waals surface area (Å²) < 4.78 is 0. The van der Waals surface area contributed by atoms with Gasteiger partial charge in [-0.2, -0.15) is 0 Å². The van der Waals surface area contributed by atoms with E-state index in [0.717, 1.165) is 17.5 Å². The standard InChI is InChI=1S/C20H19NO3/c22-19(16-10-14-8-4-5-9-15(14)16)21-11-17(18(12-21)20(23)24)13-6-2-1-3-7-13/h1-9,16-18H,10-12H2,(H,23,24). The Bertz CT molecular complexity index is 786. The van der Waals surface area contributed by atoms with E-state index in [2.05, 4.69) is 6.07 Å². The van der Waals surface area contributed by atoms with E-state index in [0.29, 0.717) is 13.1 Å². The molecule has 4 rings (SSSR count). The molecule has 3 atom stereocenters. The minimum Gasteiger partial charge on any atom is -0.481 e. The zero-order valence-electron chi connectivity index (χ0n) is 13.3. The molecule has 1 amide bonds. The molecular weight excluding hydrogens is 302 g/mol. The number of hydrogen-bond acceptors (Lipinski definition) is 2. The number of carboxylic acids is 1. The van der Waals surface area contributed by atoms with E-state index < -0.39 is 11.9 Å². The number of hydrogen-bond donors (Lipinski definition) is 1. The fourth-order valence-corrected chi connectivity index (χ4v) is 3.97. The van der Waals surface area contributed by atoms with Crippen LogP contribution in [0.3, 0.4) is 0 Å². The molecule has 0 saturated carbocycles. The summed E-state index contributed by atoms with van der Waals surface area (Å²) in [4.78, 5) is 26.3. The van der Waals surface area contributed by atoms with Crippen LogP contribution in [0.1, 0.15) is 28.5 Å². The monoisotopic (exact) mass is 321 g/mol. The van der Waals surface area contributed by atoms with Crippen LogP contribution in [0.25, 0.3) is 0 Å². The van der Waals surface area contributed by atoms with Gasteiger partial charge in [0.25, 0.3) is 0 Å². The van der Waals surface area contributed by atoms with Gasteiger partial charge in [-0.25, -0.2) is 0 Å². The molecule has 0 aromatic heterocycles. The number of amides is 1. The smallest absolute Gasteiger partial charge is 0.308 e. The van der Waals surface area contributed by atoms with Crippen LogP contribution in [-0.2, 0) is 16.0 Å². The first kappa shape index (κ1) is 14.9. The molecule has 2 aromatic carbocycles. The second kappa shape index (κ2) is 5.78. The van der Waals surface area contributed by atoms with Gasteiger partial charge in [0.15, 0.2) is 0 Å². The van der Waals surface area contributed by atoms with E-state index in [1.807, 2.05) is 48.5 Å². The van der Waals surface area contributed by atoms with Gasteiger partial charge in [-0.3, -0.25) is 9.59 Å². The maximum atomic E-state index is 12.9. The van der Waals surface area contributed by atoms with Gasteiger partial charge in [0.05, 0.1) is 11.8 Å². The fourth-order valence-electron chi connectivity index (χ4n) is 3.97. The first-order chi connectivity index (χ1) is 11.6. The predicted molar refractivity (Wildman–Crippen MR) is 89.8 cm³/mol. The van der Waals surface area contributed by atoms with E-state index >= 15 is 0 Å². The van der Waals surface area contributed by atoms with E-state index in [1.165, 1.54) is 5.56 Å². The third-order valence-corrected chi connectivity index (χ3v) is 5.33. The number of fused-ring (bicyclic) bond motifs is 1. The number of carbonyl (C=O) groups excluding carboxylic acids is 1. The molecule has 4 heteroatoms. The van der Waals surface area contributed by atoms with Crippen molar-refractivity contribution in [3.63, 3.8) is 0 Å². The van der Waals surface area contributed by atoms with E-state index in [1.54, 1.807) is 4.90 Å². The van der Waals surface area contributed by atoms with Crippen LogP contribution in [0.5, 0.6) is 0 Å². The number of carboxylic acid groups (broad SMARTS) is 1. The van der Waals surface area contributed by atoms with Crippen molar-refractivity contribution in [2.24, 2.45) is 5.92 Å². The number of likely N-dealkylation sites (tertiary alicyclic amines) is 1. The van der Waals surface area contributed by atoms with E-state index in [-0.39, 0.29) is 17.7 Å². The fraction of sp³-hybridized carbons (Fsp3) is 0.300. The lowest BCUT2D eigenvalue weighted by Crippen LogP contribution is -2.38. The van der Waals surface area contributed by atoms with Crippen molar-refractivity contribution in [3.8, 4) is 0 Å². The lowest BCUT2D eigenvalue weighted by Gasteiger charge is -2.32. The molecule has 1 heterocycles. The zero-order valence-corrected chi connectivity index (χ0v) is 13.3. The summed E-state index contributed by atoms with van der Waals surface area (Å²) in [6.45, 7) is 0.783. The highest BCUT2D eigenvalue weighted by Gasteiger charge is 2.43. The summed E-state index contributed by atoms with van der Waals surface area (Å²) >= 11 is 0.